The van der Waals surface area contributed by atoms with Gasteiger partial charge >= 0.3 is 0 Å². The average Bonchev–Trinajstić information content (AvgIpc) is 3.17. The van der Waals surface area contributed by atoms with Crippen LogP contribution in [0.4, 0.5) is 0 Å². The third-order valence-corrected chi connectivity index (χ3v) is 6.42. The molecule has 24 heavy (non-hydrogen) atoms. The van der Waals surface area contributed by atoms with E-state index in [-0.39, 0.29) is 17.7 Å². The minimum absolute atomic E-state index is 0.0736. The molecular weight excluding hydrogens is 322 g/mol. The molecule has 3 rings (SSSR count). The Balaban J connectivity index is 1.85. The van der Waals surface area contributed by atoms with Crippen molar-refractivity contribution in [1.29, 1.82) is 0 Å². The number of hydrogen-bond acceptors (Lipinski definition) is 4. The van der Waals surface area contributed by atoms with Gasteiger partial charge in [0, 0.05) is 57.1 Å². The number of carbonyl (C=O) groups excluding carboxylic acids is 2. The summed E-state index contributed by atoms with van der Waals surface area (Å²) >= 11 is 1.53. The summed E-state index contributed by atoms with van der Waals surface area (Å²) in [5, 5.41) is 0. The van der Waals surface area contributed by atoms with Gasteiger partial charge in [0.05, 0.1) is 10.3 Å². The van der Waals surface area contributed by atoms with Crippen LogP contribution < -0.4 is 0 Å². The Morgan fingerprint density at radius 1 is 1.25 bits per heavy atom. The molecule has 2 atom stereocenters. The molecule has 0 aromatic carbocycles. The highest BCUT2D eigenvalue weighted by Gasteiger charge is 2.58. The molecule has 0 radical (unpaired) electrons. The van der Waals surface area contributed by atoms with Crippen molar-refractivity contribution < 1.29 is 9.59 Å². The third-order valence-electron chi connectivity index (χ3n) is 5.44. The Labute approximate surface area is 148 Å². The summed E-state index contributed by atoms with van der Waals surface area (Å²) < 4.78 is 0. The van der Waals surface area contributed by atoms with Crippen molar-refractivity contribution in [2.45, 2.75) is 26.8 Å². The van der Waals surface area contributed by atoms with Gasteiger partial charge in [-0.3, -0.25) is 14.5 Å². The van der Waals surface area contributed by atoms with E-state index in [1.54, 1.807) is 4.90 Å². The van der Waals surface area contributed by atoms with Gasteiger partial charge in [-0.15, -0.1) is 11.3 Å². The molecule has 0 bridgehead atoms. The highest BCUT2D eigenvalue weighted by Crippen LogP contribution is 2.44. The highest BCUT2D eigenvalue weighted by atomic mass is 32.1. The van der Waals surface area contributed by atoms with E-state index in [0.29, 0.717) is 19.1 Å². The van der Waals surface area contributed by atoms with E-state index < -0.39 is 5.41 Å². The number of nitrogens with zero attached hydrogens (tertiary/aromatic N) is 3. The minimum atomic E-state index is -0.449. The van der Waals surface area contributed by atoms with E-state index in [4.69, 9.17) is 0 Å². The number of rotatable bonds is 3. The topological polar surface area (TPSA) is 43.9 Å². The zero-order chi connectivity index (χ0) is 17.6. The van der Waals surface area contributed by atoms with Crippen LogP contribution >= 0.6 is 11.3 Å². The Kier molecular flexibility index (Phi) is 4.47. The lowest BCUT2D eigenvalue weighted by molar-refractivity contribution is -0.139. The van der Waals surface area contributed by atoms with E-state index in [9.17, 15) is 9.59 Å². The van der Waals surface area contributed by atoms with Crippen molar-refractivity contribution in [2.24, 2.45) is 11.3 Å². The Morgan fingerprint density at radius 3 is 2.50 bits per heavy atom. The fraction of sp³-hybridized carbons (Fsp3) is 0.667. The van der Waals surface area contributed by atoms with Gasteiger partial charge in [-0.25, -0.2) is 0 Å². The van der Waals surface area contributed by atoms with Crippen molar-refractivity contribution in [3.8, 4) is 0 Å². The van der Waals surface area contributed by atoms with Crippen molar-refractivity contribution in [3.63, 3.8) is 0 Å². The molecule has 0 N–H and O–H groups in total. The van der Waals surface area contributed by atoms with Crippen molar-refractivity contribution in [1.82, 2.24) is 14.7 Å². The first-order chi connectivity index (χ1) is 11.2. The van der Waals surface area contributed by atoms with E-state index in [2.05, 4.69) is 18.7 Å². The van der Waals surface area contributed by atoms with Crippen LogP contribution in [0.25, 0.3) is 0 Å². The molecule has 3 heterocycles. The Hall–Kier alpha value is -1.40. The van der Waals surface area contributed by atoms with Gasteiger partial charge in [-0.2, -0.15) is 0 Å². The van der Waals surface area contributed by atoms with Crippen LogP contribution in [0.3, 0.4) is 0 Å². The predicted octanol–water partition coefficient (Wildman–Crippen LogP) is 1.93. The van der Waals surface area contributed by atoms with E-state index in [1.807, 2.05) is 38.1 Å². The van der Waals surface area contributed by atoms with E-state index >= 15 is 0 Å². The number of carbonyl (C=O) groups is 2. The minimum Gasteiger partial charge on any atom is -0.348 e. The first-order valence-corrected chi connectivity index (χ1v) is 9.38. The van der Waals surface area contributed by atoms with Crippen LogP contribution in [-0.2, 0) is 4.79 Å². The smallest absolute Gasteiger partial charge is 0.263 e. The fourth-order valence-electron chi connectivity index (χ4n) is 4.11. The largest absolute Gasteiger partial charge is 0.348 e. The number of likely N-dealkylation sites (tertiary alicyclic amines) is 2. The van der Waals surface area contributed by atoms with Crippen molar-refractivity contribution in [2.75, 3.05) is 40.3 Å². The monoisotopic (exact) mass is 349 g/mol. The summed E-state index contributed by atoms with van der Waals surface area (Å²) in [7, 11) is 3.64. The van der Waals surface area contributed by atoms with Crippen molar-refractivity contribution in [3.05, 3.63) is 21.9 Å². The van der Waals surface area contributed by atoms with Gasteiger partial charge in [-0.05, 0) is 32.9 Å². The lowest BCUT2D eigenvalue weighted by Crippen LogP contribution is -2.48. The van der Waals surface area contributed by atoms with E-state index in [1.165, 1.54) is 11.3 Å². The van der Waals surface area contributed by atoms with E-state index in [0.717, 1.165) is 22.8 Å². The summed E-state index contributed by atoms with van der Waals surface area (Å²) in [6.45, 7) is 9.21. The summed E-state index contributed by atoms with van der Waals surface area (Å²) in [5.41, 5.74) is -0.449. The molecule has 2 unspecified atom stereocenters. The molecule has 132 valence electrons. The molecule has 2 aliphatic heterocycles. The second-order valence-corrected chi connectivity index (χ2v) is 8.96. The molecule has 5 nitrogen and oxygen atoms in total. The van der Waals surface area contributed by atoms with Crippen LogP contribution in [0.1, 0.15) is 28.4 Å². The van der Waals surface area contributed by atoms with Crippen LogP contribution in [0.15, 0.2) is 12.1 Å². The van der Waals surface area contributed by atoms with Crippen LogP contribution in [0.5, 0.6) is 0 Å². The maximum atomic E-state index is 13.0. The number of amides is 2. The zero-order valence-electron chi connectivity index (χ0n) is 15.2. The molecule has 2 fully saturated rings. The van der Waals surface area contributed by atoms with Gasteiger partial charge in [-0.1, -0.05) is 0 Å². The second-order valence-electron chi connectivity index (χ2n) is 7.67. The lowest BCUT2D eigenvalue weighted by Gasteiger charge is -2.31. The fourth-order valence-corrected chi connectivity index (χ4v) is 4.94. The first-order valence-electron chi connectivity index (χ1n) is 8.56. The molecule has 2 saturated heterocycles. The summed E-state index contributed by atoms with van der Waals surface area (Å²) in [6, 6.07) is 4.30. The molecule has 0 saturated carbocycles. The second kappa shape index (κ2) is 6.15. The van der Waals surface area contributed by atoms with Gasteiger partial charge in [0.15, 0.2) is 0 Å². The Bertz CT molecular complexity index is 654. The van der Waals surface area contributed by atoms with Gasteiger partial charge < -0.3 is 9.80 Å². The van der Waals surface area contributed by atoms with Crippen LogP contribution in [-0.4, -0.2) is 72.8 Å². The van der Waals surface area contributed by atoms with Crippen LogP contribution in [0, 0.1) is 18.3 Å². The van der Waals surface area contributed by atoms with Crippen molar-refractivity contribution >= 4 is 23.2 Å². The summed E-state index contributed by atoms with van der Waals surface area (Å²) in [5.74, 6) is 0.456. The van der Waals surface area contributed by atoms with Gasteiger partial charge in [0.25, 0.3) is 5.91 Å². The lowest BCUT2D eigenvalue weighted by atomic mass is 9.79. The van der Waals surface area contributed by atoms with Crippen LogP contribution in [0.2, 0.25) is 0 Å². The standard InChI is InChI=1S/C18H27N3O2S/c1-12(2)20-8-14-9-21(16(22)15-7-6-13(3)24-15)11-18(14,10-20)17(23)19(4)5/h6-7,12,14H,8-11H2,1-5H3. The SMILES string of the molecule is Cc1ccc(C(=O)N2CC3CN(C(C)C)CC3(C(=O)N(C)C)C2)s1. The predicted molar refractivity (Wildman–Crippen MR) is 96.3 cm³/mol. The highest BCUT2D eigenvalue weighted by molar-refractivity contribution is 7.13. The Morgan fingerprint density at radius 2 is 1.96 bits per heavy atom. The molecule has 0 spiro atoms. The number of hydrogen-bond donors (Lipinski definition) is 0. The third kappa shape index (κ3) is 2.75. The summed E-state index contributed by atoms with van der Waals surface area (Å²) in [6.07, 6.45) is 0. The molecular formula is C18H27N3O2S. The molecule has 2 aliphatic rings. The number of thiophene rings is 1. The average molecular weight is 350 g/mol. The number of aryl methyl sites for hydroxylation is 1. The van der Waals surface area contributed by atoms with Gasteiger partial charge in [0.1, 0.15) is 0 Å². The molecule has 1 aromatic heterocycles. The molecule has 6 heteroatoms. The quantitative estimate of drug-likeness (QED) is 0.837. The molecule has 0 aliphatic carbocycles. The normalized spacial score (nSPS) is 26.9. The molecule has 1 aromatic rings. The maximum Gasteiger partial charge on any atom is 0.263 e. The summed E-state index contributed by atoms with van der Waals surface area (Å²) in [4.78, 5) is 33.7. The number of fused-ring (bicyclic) bond motifs is 1. The zero-order valence-corrected chi connectivity index (χ0v) is 16.0. The van der Waals surface area contributed by atoms with Gasteiger partial charge in [0.2, 0.25) is 5.91 Å². The molecule has 2 amide bonds. The maximum absolute atomic E-state index is 13.0. The first kappa shape index (κ1) is 17.4.